The first-order valence-corrected chi connectivity index (χ1v) is 8.38. The predicted octanol–water partition coefficient (Wildman–Crippen LogP) is 1.63. The molecular formula is C17H17ClFN5O2. The summed E-state index contributed by atoms with van der Waals surface area (Å²) in [6.45, 7) is 1.92. The predicted molar refractivity (Wildman–Crippen MR) is 96.9 cm³/mol. The molecule has 1 aromatic heterocycles. The summed E-state index contributed by atoms with van der Waals surface area (Å²) in [5, 5.41) is 11.8. The second kappa shape index (κ2) is 8.22. The SMILES string of the molecule is O=C(Nc1ccc(Cl)cn1)c1cc(F)ccc1NC(=O)C1CNCCN1. The van der Waals surface area contributed by atoms with Crippen molar-refractivity contribution in [1.82, 2.24) is 15.6 Å². The van der Waals surface area contributed by atoms with Gasteiger partial charge in [-0.25, -0.2) is 9.37 Å². The van der Waals surface area contributed by atoms with Crippen LogP contribution in [0.1, 0.15) is 10.4 Å². The fourth-order valence-corrected chi connectivity index (χ4v) is 2.62. The lowest BCUT2D eigenvalue weighted by molar-refractivity contribution is -0.118. The Balaban J connectivity index is 1.77. The standard InChI is InChI=1S/C17H17ClFN5O2/c18-10-1-4-15(22-8-10)24-16(25)12-7-11(19)2-3-13(12)23-17(26)14-9-20-5-6-21-14/h1-4,7-8,14,20-21H,5-6,9H2,(H,23,26)(H,22,24,25). The van der Waals surface area contributed by atoms with Crippen LogP contribution in [0.4, 0.5) is 15.9 Å². The zero-order chi connectivity index (χ0) is 18.5. The number of benzene rings is 1. The second-order valence-corrected chi connectivity index (χ2v) is 6.14. The Morgan fingerprint density at radius 1 is 1.19 bits per heavy atom. The van der Waals surface area contributed by atoms with Gasteiger partial charge in [-0.15, -0.1) is 0 Å². The summed E-state index contributed by atoms with van der Waals surface area (Å²) in [6, 6.07) is 6.26. The third-order valence-electron chi connectivity index (χ3n) is 3.81. The molecule has 2 aromatic rings. The van der Waals surface area contributed by atoms with E-state index in [4.69, 9.17) is 11.6 Å². The van der Waals surface area contributed by atoms with Gasteiger partial charge in [0, 0.05) is 25.8 Å². The van der Waals surface area contributed by atoms with Crippen LogP contribution >= 0.6 is 11.6 Å². The first-order valence-electron chi connectivity index (χ1n) is 8.00. The van der Waals surface area contributed by atoms with Crippen LogP contribution in [-0.4, -0.2) is 42.5 Å². The number of hydrogen-bond acceptors (Lipinski definition) is 5. The van der Waals surface area contributed by atoms with E-state index >= 15 is 0 Å². The Kier molecular flexibility index (Phi) is 5.77. The van der Waals surface area contributed by atoms with E-state index in [9.17, 15) is 14.0 Å². The quantitative estimate of drug-likeness (QED) is 0.649. The van der Waals surface area contributed by atoms with Crippen LogP contribution in [-0.2, 0) is 4.79 Å². The molecule has 1 saturated heterocycles. The van der Waals surface area contributed by atoms with Gasteiger partial charge in [-0.2, -0.15) is 0 Å². The number of piperazine rings is 1. The van der Waals surface area contributed by atoms with Crippen molar-refractivity contribution >= 4 is 34.9 Å². The molecular weight excluding hydrogens is 361 g/mol. The number of carbonyl (C=O) groups excluding carboxylic acids is 2. The summed E-state index contributed by atoms with van der Waals surface area (Å²) in [6.07, 6.45) is 1.38. The van der Waals surface area contributed by atoms with Gasteiger partial charge in [-0.05, 0) is 30.3 Å². The van der Waals surface area contributed by atoms with Crippen molar-refractivity contribution in [2.75, 3.05) is 30.3 Å². The minimum absolute atomic E-state index is 0.00105. The van der Waals surface area contributed by atoms with E-state index in [2.05, 4.69) is 26.3 Å². The molecule has 0 spiro atoms. The van der Waals surface area contributed by atoms with E-state index < -0.39 is 17.8 Å². The van der Waals surface area contributed by atoms with E-state index in [0.29, 0.717) is 18.1 Å². The zero-order valence-corrected chi connectivity index (χ0v) is 14.4. The molecule has 2 amide bonds. The Hall–Kier alpha value is -2.55. The topological polar surface area (TPSA) is 95.2 Å². The van der Waals surface area contributed by atoms with Crippen LogP contribution in [0.25, 0.3) is 0 Å². The molecule has 0 bridgehead atoms. The molecule has 1 unspecified atom stereocenters. The van der Waals surface area contributed by atoms with Gasteiger partial charge in [0.25, 0.3) is 5.91 Å². The lowest BCUT2D eigenvalue weighted by atomic mass is 10.1. The minimum atomic E-state index is -0.593. The Morgan fingerprint density at radius 2 is 2.04 bits per heavy atom. The van der Waals surface area contributed by atoms with Crippen molar-refractivity contribution in [2.24, 2.45) is 0 Å². The zero-order valence-electron chi connectivity index (χ0n) is 13.7. The second-order valence-electron chi connectivity index (χ2n) is 5.71. The first kappa shape index (κ1) is 18.2. The molecule has 1 fully saturated rings. The molecule has 0 saturated carbocycles. The normalized spacial score (nSPS) is 16.8. The summed E-state index contributed by atoms with van der Waals surface area (Å²) < 4.78 is 13.6. The number of nitrogens with zero attached hydrogens (tertiary/aromatic N) is 1. The van der Waals surface area contributed by atoms with Crippen molar-refractivity contribution in [3.05, 3.63) is 52.9 Å². The summed E-state index contributed by atoms with van der Waals surface area (Å²) in [4.78, 5) is 28.8. The van der Waals surface area contributed by atoms with Gasteiger partial charge in [-0.3, -0.25) is 9.59 Å². The number of halogens is 2. The molecule has 1 aliphatic heterocycles. The van der Waals surface area contributed by atoms with E-state index in [-0.39, 0.29) is 23.0 Å². The average molecular weight is 378 g/mol. The molecule has 136 valence electrons. The number of amides is 2. The fraction of sp³-hybridized carbons (Fsp3) is 0.235. The third-order valence-corrected chi connectivity index (χ3v) is 4.03. The fourth-order valence-electron chi connectivity index (χ4n) is 2.51. The lowest BCUT2D eigenvalue weighted by Gasteiger charge is -2.24. The molecule has 2 heterocycles. The van der Waals surface area contributed by atoms with E-state index in [1.165, 1.54) is 24.4 Å². The monoisotopic (exact) mass is 377 g/mol. The third kappa shape index (κ3) is 4.54. The van der Waals surface area contributed by atoms with Gasteiger partial charge in [0.15, 0.2) is 0 Å². The highest BCUT2D eigenvalue weighted by Gasteiger charge is 2.22. The van der Waals surface area contributed by atoms with Crippen molar-refractivity contribution in [3.8, 4) is 0 Å². The van der Waals surface area contributed by atoms with Crippen molar-refractivity contribution in [1.29, 1.82) is 0 Å². The first-order chi connectivity index (χ1) is 12.5. The maximum Gasteiger partial charge on any atom is 0.259 e. The number of pyridine rings is 1. The molecule has 1 aromatic carbocycles. The highest BCUT2D eigenvalue weighted by Crippen LogP contribution is 2.19. The summed E-state index contributed by atoms with van der Waals surface area (Å²) in [5.41, 5.74) is 0.217. The van der Waals surface area contributed by atoms with Gasteiger partial charge < -0.3 is 21.3 Å². The van der Waals surface area contributed by atoms with Crippen LogP contribution in [0.3, 0.4) is 0 Å². The van der Waals surface area contributed by atoms with Crippen LogP contribution < -0.4 is 21.3 Å². The van der Waals surface area contributed by atoms with Crippen molar-refractivity contribution in [2.45, 2.75) is 6.04 Å². The number of rotatable bonds is 4. The number of aromatic nitrogens is 1. The van der Waals surface area contributed by atoms with Crippen molar-refractivity contribution < 1.29 is 14.0 Å². The Bertz CT molecular complexity index is 809. The Labute approximate surface area is 154 Å². The maximum atomic E-state index is 13.6. The van der Waals surface area contributed by atoms with Gasteiger partial charge in [0.2, 0.25) is 5.91 Å². The largest absolute Gasteiger partial charge is 0.324 e. The summed E-state index contributed by atoms with van der Waals surface area (Å²) in [5.74, 6) is -1.22. The van der Waals surface area contributed by atoms with E-state index in [1.54, 1.807) is 6.07 Å². The highest BCUT2D eigenvalue weighted by molar-refractivity contribution is 6.30. The molecule has 1 aliphatic rings. The number of hydrogen-bond donors (Lipinski definition) is 4. The molecule has 3 rings (SSSR count). The van der Waals surface area contributed by atoms with Gasteiger partial charge in [-0.1, -0.05) is 11.6 Å². The molecule has 7 nitrogen and oxygen atoms in total. The number of nitrogens with one attached hydrogen (secondary N) is 4. The molecule has 26 heavy (non-hydrogen) atoms. The molecule has 0 radical (unpaired) electrons. The van der Waals surface area contributed by atoms with E-state index in [0.717, 1.165) is 12.6 Å². The van der Waals surface area contributed by atoms with E-state index in [1.807, 2.05) is 0 Å². The van der Waals surface area contributed by atoms with Gasteiger partial charge in [0.05, 0.1) is 22.3 Å². The van der Waals surface area contributed by atoms with Gasteiger partial charge in [0.1, 0.15) is 11.6 Å². The molecule has 4 N–H and O–H groups in total. The molecule has 0 aliphatic carbocycles. The highest BCUT2D eigenvalue weighted by atomic mass is 35.5. The number of anilines is 2. The smallest absolute Gasteiger partial charge is 0.259 e. The maximum absolute atomic E-state index is 13.6. The van der Waals surface area contributed by atoms with Crippen LogP contribution in [0.5, 0.6) is 0 Å². The molecule has 9 heteroatoms. The van der Waals surface area contributed by atoms with Gasteiger partial charge >= 0.3 is 0 Å². The molecule has 1 atom stereocenters. The van der Waals surface area contributed by atoms with Crippen molar-refractivity contribution in [3.63, 3.8) is 0 Å². The summed E-state index contributed by atoms with van der Waals surface area (Å²) in [7, 11) is 0. The Morgan fingerprint density at radius 3 is 2.73 bits per heavy atom. The average Bonchev–Trinajstić information content (AvgIpc) is 2.65. The summed E-state index contributed by atoms with van der Waals surface area (Å²) >= 11 is 5.76. The van der Waals surface area contributed by atoms with Crippen LogP contribution in [0.15, 0.2) is 36.5 Å². The van der Waals surface area contributed by atoms with Crippen LogP contribution in [0, 0.1) is 5.82 Å². The van der Waals surface area contributed by atoms with Crippen LogP contribution in [0.2, 0.25) is 5.02 Å². The minimum Gasteiger partial charge on any atom is -0.324 e. The number of carbonyl (C=O) groups is 2. The lowest BCUT2D eigenvalue weighted by Crippen LogP contribution is -2.54.